The van der Waals surface area contributed by atoms with Crippen molar-refractivity contribution in [3.63, 3.8) is 0 Å². The lowest BCUT2D eigenvalue weighted by Crippen LogP contribution is -2.56. The standard InChI is InChI=1S/C15H24N4O6/c16-7-12(21)17-9(8-20)13(22)18-5-1-3-10(18)14(23)19-6-2-4-11(19)15(24)25/h9-11,20H,1-8,16H2,(H,17,21)(H,24,25). The highest BCUT2D eigenvalue weighted by molar-refractivity contribution is 5.94. The average Bonchev–Trinajstić information content (AvgIpc) is 3.27. The second kappa shape index (κ2) is 8.26. The van der Waals surface area contributed by atoms with Crippen LogP contribution in [0.15, 0.2) is 0 Å². The molecule has 2 rings (SSSR count). The van der Waals surface area contributed by atoms with Crippen molar-refractivity contribution in [1.82, 2.24) is 15.1 Å². The van der Waals surface area contributed by atoms with E-state index in [-0.39, 0.29) is 6.54 Å². The van der Waals surface area contributed by atoms with Crippen molar-refractivity contribution in [1.29, 1.82) is 0 Å². The molecule has 0 saturated carbocycles. The van der Waals surface area contributed by atoms with E-state index in [4.69, 9.17) is 5.73 Å². The Hall–Kier alpha value is -2.20. The molecule has 10 nitrogen and oxygen atoms in total. The Kier molecular flexibility index (Phi) is 6.32. The van der Waals surface area contributed by atoms with Gasteiger partial charge in [0.05, 0.1) is 13.2 Å². The number of nitrogens with two attached hydrogens (primary N) is 1. The van der Waals surface area contributed by atoms with Crippen LogP contribution in [0, 0.1) is 0 Å². The molecular weight excluding hydrogens is 332 g/mol. The van der Waals surface area contributed by atoms with Crippen LogP contribution in [0.5, 0.6) is 0 Å². The van der Waals surface area contributed by atoms with E-state index in [1.54, 1.807) is 0 Å². The summed E-state index contributed by atoms with van der Waals surface area (Å²) < 4.78 is 0. The van der Waals surface area contributed by atoms with Gasteiger partial charge in [0.2, 0.25) is 17.7 Å². The SMILES string of the molecule is NCC(=O)NC(CO)C(=O)N1CCCC1C(=O)N1CCCC1C(=O)O. The number of hydrogen-bond acceptors (Lipinski definition) is 6. The smallest absolute Gasteiger partial charge is 0.326 e. The molecule has 0 aromatic carbocycles. The summed E-state index contributed by atoms with van der Waals surface area (Å²) in [6, 6.07) is -2.80. The molecule has 2 heterocycles. The highest BCUT2D eigenvalue weighted by Crippen LogP contribution is 2.25. The molecule has 0 aliphatic carbocycles. The monoisotopic (exact) mass is 356 g/mol. The van der Waals surface area contributed by atoms with Crippen molar-refractivity contribution in [3.05, 3.63) is 0 Å². The van der Waals surface area contributed by atoms with Gasteiger partial charge in [-0.25, -0.2) is 4.79 Å². The average molecular weight is 356 g/mol. The number of carbonyl (C=O) groups is 4. The fourth-order valence-electron chi connectivity index (χ4n) is 3.40. The van der Waals surface area contributed by atoms with Crippen LogP contribution in [0.3, 0.4) is 0 Å². The Morgan fingerprint density at radius 3 is 2.24 bits per heavy atom. The van der Waals surface area contributed by atoms with Crippen molar-refractivity contribution in [2.75, 3.05) is 26.2 Å². The van der Waals surface area contributed by atoms with Crippen molar-refractivity contribution in [2.45, 2.75) is 43.8 Å². The molecule has 0 aromatic rings. The number of aliphatic hydroxyl groups is 1. The van der Waals surface area contributed by atoms with Crippen LogP contribution in [0.4, 0.5) is 0 Å². The summed E-state index contributed by atoms with van der Waals surface area (Å²) in [5.41, 5.74) is 5.20. The third kappa shape index (κ3) is 4.07. The Morgan fingerprint density at radius 2 is 1.68 bits per heavy atom. The van der Waals surface area contributed by atoms with E-state index in [2.05, 4.69) is 5.32 Å². The van der Waals surface area contributed by atoms with Gasteiger partial charge in [0, 0.05) is 13.1 Å². The minimum absolute atomic E-state index is 0.315. The predicted octanol–water partition coefficient (Wildman–Crippen LogP) is -2.51. The number of amides is 3. The molecule has 0 radical (unpaired) electrons. The number of rotatable bonds is 6. The summed E-state index contributed by atoms with van der Waals surface area (Å²) in [7, 11) is 0. The molecule has 3 atom stereocenters. The zero-order valence-electron chi connectivity index (χ0n) is 13.9. The number of carbonyl (C=O) groups excluding carboxylic acids is 3. The van der Waals surface area contributed by atoms with Gasteiger partial charge in [-0.15, -0.1) is 0 Å². The van der Waals surface area contributed by atoms with Gasteiger partial charge in [-0.05, 0) is 25.7 Å². The molecular formula is C15H24N4O6. The van der Waals surface area contributed by atoms with Crippen LogP contribution >= 0.6 is 0 Å². The molecule has 0 spiro atoms. The largest absolute Gasteiger partial charge is 0.480 e. The molecule has 10 heteroatoms. The molecule has 2 aliphatic rings. The number of nitrogens with one attached hydrogen (secondary N) is 1. The maximum Gasteiger partial charge on any atom is 0.326 e. The van der Waals surface area contributed by atoms with Crippen LogP contribution in [0.1, 0.15) is 25.7 Å². The minimum atomic E-state index is -1.17. The normalized spacial score (nSPS) is 24.2. The zero-order valence-corrected chi connectivity index (χ0v) is 13.9. The molecule has 2 fully saturated rings. The van der Waals surface area contributed by atoms with Crippen LogP contribution in [-0.2, 0) is 19.2 Å². The number of aliphatic carboxylic acids is 1. The zero-order chi connectivity index (χ0) is 18.6. The van der Waals surface area contributed by atoms with E-state index >= 15 is 0 Å². The Bertz CT molecular complexity index is 554. The Morgan fingerprint density at radius 1 is 1.08 bits per heavy atom. The van der Waals surface area contributed by atoms with Crippen molar-refractivity contribution >= 4 is 23.7 Å². The number of carboxylic acid groups (broad SMARTS) is 1. The summed E-state index contributed by atoms with van der Waals surface area (Å²) in [6.07, 6.45) is 2.02. The van der Waals surface area contributed by atoms with Crippen molar-refractivity contribution in [2.24, 2.45) is 5.73 Å². The highest BCUT2D eigenvalue weighted by atomic mass is 16.4. The molecule has 3 unspecified atom stereocenters. The fraction of sp³-hybridized carbons (Fsp3) is 0.733. The Balaban J connectivity index is 2.10. The number of carboxylic acids is 1. The molecule has 0 bridgehead atoms. The first-order valence-electron chi connectivity index (χ1n) is 8.34. The van der Waals surface area contributed by atoms with Gasteiger partial charge in [0.1, 0.15) is 18.1 Å². The first kappa shape index (κ1) is 19.1. The van der Waals surface area contributed by atoms with E-state index in [0.29, 0.717) is 38.8 Å². The number of aliphatic hydroxyl groups excluding tert-OH is 1. The summed E-state index contributed by atoms with van der Waals surface area (Å²) in [6.45, 7) is -0.263. The molecule has 2 saturated heterocycles. The van der Waals surface area contributed by atoms with E-state index in [1.165, 1.54) is 9.80 Å². The maximum absolute atomic E-state index is 12.8. The quantitative estimate of drug-likeness (QED) is 0.410. The van der Waals surface area contributed by atoms with Crippen molar-refractivity contribution in [3.8, 4) is 0 Å². The van der Waals surface area contributed by atoms with Crippen molar-refractivity contribution < 1.29 is 29.4 Å². The second-order valence-electron chi connectivity index (χ2n) is 6.22. The summed E-state index contributed by atoms with van der Waals surface area (Å²) in [5, 5.41) is 20.9. The van der Waals surface area contributed by atoms with Crippen LogP contribution in [-0.4, -0.2) is 88.1 Å². The number of likely N-dealkylation sites (tertiary alicyclic amines) is 2. The third-order valence-corrected chi connectivity index (χ3v) is 4.64. The first-order valence-corrected chi connectivity index (χ1v) is 8.34. The molecule has 25 heavy (non-hydrogen) atoms. The summed E-state index contributed by atoms with van der Waals surface area (Å²) in [5.74, 6) is -2.59. The Labute approximate surface area is 144 Å². The molecule has 5 N–H and O–H groups in total. The lowest BCUT2D eigenvalue weighted by Gasteiger charge is -2.31. The lowest BCUT2D eigenvalue weighted by molar-refractivity contribution is -0.152. The molecule has 2 aliphatic heterocycles. The van der Waals surface area contributed by atoms with E-state index < -0.39 is 48.4 Å². The van der Waals surface area contributed by atoms with Crippen LogP contribution < -0.4 is 11.1 Å². The summed E-state index contributed by atoms with van der Waals surface area (Å²) >= 11 is 0. The minimum Gasteiger partial charge on any atom is -0.480 e. The maximum atomic E-state index is 12.8. The number of hydrogen-bond donors (Lipinski definition) is 4. The topological polar surface area (TPSA) is 153 Å². The van der Waals surface area contributed by atoms with Gasteiger partial charge < -0.3 is 31.1 Å². The molecule has 0 aromatic heterocycles. The first-order chi connectivity index (χ1) is 11.9. The van der Waals surface area contributed by atoms with Gasteiger partial charge in [0.15, 0.2) is 0 Å². The van der Waals surface area contributed by atoms with E-state index in [1.807, 2.05) is 0 Å². The highest BCUT2D eigenvalue weighted by Gasteiger charge is 2.43. The van der Waals surface area contributed by atoms with Gasteiger partial charge in [0.25, 0.3) is 0 Å². The fourth-order valence-corrected chi connectivity index (χ4v) is 3.40. The van der Waals surface area contributed by atoms with Gasteiger partial charge in [-0.3, -0.25) is 14.4 Å². The number of nitrogens with zero attached hydrogens (tertiary/aromatic N) is 2. The summed E-state index contributed by atoms with van der Waals surface area (Å²) in [4.78, 5) is 50.7. The molecule has 140 valence electrons. The second-order valence-corrected chi connectivity index (χ2v) is 6.22. The van der Waals surface area contributed by atoms with Crippen LogP contribution in [0.25, 0.3) is 0 Å². The predicted molar refractivity (Wildman–Crippen MR) is 85.2 cm³/mol. The van der Waals surface area contributed by atoms with E-state index in [0.717, 1.165) is 0 Å². The third-order valence-electron chi connectivity index (χ3n) is 4.64. The van der Waals surface area contributed by atoms with E-state index in [9.17, 15) is 29.4 Å². The lowest BCUT2D eigenvalue weighted by atomic mass is 10.1. The van der Waals surface area contributed by atoms with Gasteiger partial charge in [-0.1, -0.05) is 0 Å². The van der Waals surface area contributed by atoms with Crippen LogP contribution in [0.2, 0.25) is 0 Å². The van der Waals surface area contributed by atoms with Gasteiger partial charge in [-0.2, -0.15) is 0 Å². The molecule has 3 amide bonds. The van der Waals surface area contributed by atoms with Gasteiger partial charge >= 0.3 is 5.97 Å².